The van der Waals surface area contributed by atoms with E-state index in [0.29, 0.717) is 6.61 Å². The highest BCUT2D eigenvalue weighted by molar-refractivity contribution is 4.73. The van der Waals surface area contributed by atoms with Crippen LogP contribution in [-0.2, 0) is 4.74 Å². The molecule has 0 aliphatic rings. The zero-order valence-electron chi connectivity index (χ0n) is 8.12. The van der Waals surface area contributed by atoms with Gasteiger partial charge in [-0.05, 0) is 26.2 Å². The minimum atomic E-state index is -0.340. The lowest BCUT2D eigenvalue weighted by molar-refractivity contribution is -0.0367. The highest BCUT2D eigenvalue weighted by Gasteiger charge is 2.15. The molecule has 2 unspecified atom stereocenters. The summed E-state index contributed by atoms with van der Waals surface area (Å²) in [4.78, 5) is 0. The molecule has 0 aromatic rings. The molecule has 0 aliphatic heterocycles. The highest BCUT2D eigenvalue weighted by atomic mass is 16.5. The van der Waals surface area contributed by atoms with Crippen LogP contribution in [0, 0.1) is 0 Å². The van der Waals surface area contributed by atoms with Crippen LogP contribution >= 0.6 is 0 Å². The van der Waals surface area contributed by atoms with Gasteiger partial charge in [0.25, 0.3) is 0 Å². The van der Waals surface area contributed by atoms with Crippen molar-refractivity contribution in [1.82, 2.24) is 0 Å². The number of aliphatic hydroxyl groups is 1. The molecule has 2 heteroatoms. The molecule has 0 fully saturated rings. The van der Waals surface area contributed by atoms with E-state index >= 15 is 0 Å². The van der Waals surface area contributed by atoms with Crippen LogP contribution < -0.4 is 0 Å². The number of hydrogen-bond acceptors (Lipinski definition) is 2. The summed E-state index contributed by atoms with van der Waals surface area (Å²) in [6.45, 7) is 8.25. The topological polar surface area (TPSA) is 29.5 Å². The summed E-state index contributed by atoms with van der Waals surface area (Å²) in [7, 11) is 0. The Bertz CT molecular complexity index is 112. The Balaban J connectivity index is 3.67. The Hall–Kier alpha value is -0.340. The van der Waals surface area contributed by atoms with Gasteiger partial charge in [-0.3, -0.25) is 0 Å². The minimum Gasteiger partial charge on any atom is -0.390 e. The molecule has 0 aromatic heterocycles. The quantitative estimate of drug-likeness (QED) is 0.596. The fraction of sp³-hybridized carbons (Fsp3) is 0.800. The highest BCUT2D eigenvalue weighted by Crippen LogP contribution is 2.09. The van der Waals surface area contributed by atoms with E-state index in [4.69, 9.17) is 4.74 Å². The van der Waals surface area contributed by atoms with E-state index < -0.39 is 0 Å². The van der Waals surface area contributed by atoms with Crippen molar-refractivity contribution >= 4 is 0 Å². The number of hydrogen-bond donors (Lipinski definition) is 1. The molecule has 0 radical (unpaired) electrons. The first kappa shape index (κ1) is 11.7. The van der Waals surface area contributed by atoms with Crippen LogP contribution in [0.25, 0.3) is 0 Å². The molecular weight excluding hydrogens is 152 g/mol. The van der Waals surface area contributed by atoms with Gasteiger partial charge < -0.3 is 9.84 Å². The van der Waals surface area contributed by atoms with E-state index in [1.165, 1.54) is 0 Å². The van der Waals surface area contributed by atoms with Gasteiger partial charge in [0, 0.05) is 6.61 Å². The summed E-state index contributed by atoms with van der Waals surface area (Å²) in [5.74, 6) is 0. The van der Waals surface area contributed by atoms with E-state index in [0.717, 1.165) is 19.3 Å². The van der Waals surface area contributed by atoms with Crippen molar-refractivity contribution in [1.29, 1.82) is 0 Å². The standard InChI is InChI=1S/C10H20O2/c1-4-7-8-9(11)10(5-2)12-6-3/h4,9-11H,1,5-8H2,2-3H3. The number of allylic oxidation sites excluding steroid dienone is 1. The fourth-order valence-electron chi connectivity index (χ4n) is 1.19. The van der Waals surface area contributed by atoms with Crippen LogP contribution in [0.3, 0.4) is 0 Å². The van der Waals surface area contributed by atoms with Gasteiger partial charge in [0.15, 0.2) is 0 Å². The van der Waals surface area contributed by atoms with Crippen molar-refractivity contribution in [2.45, 2.75) is 45.3 Å². The molecule has 72 valence electrons. The van der Waals surface area contributed by atoms with Crippen LogP contribution in [0.4, 0.5) is 0 Å². The molecule has 0 amide bonds. The largest absolute Gasteiger partial charge is 0.390 e. The smallest absolute Gasteiger partial charge is 0.0831 e. The summed E-state index contributed by atoms with van der Waals surface area (Å²) in [6.07, 6.45) is 3.95. The zero-order chi connectivity index (χ0) is 9.40. The monoisotopic (exact) mass is 172 g/mol. The maximum atomic E-state index is 9.60. The van der Waals surface area contributed by atoms with Crippen molar-refractivity contribution in [2.75, 3.05) is 6.61 Å². The van der Waals surface area contributed by atoms with Gasteiger partial charge in [-0.25, -0.2) is 0 Å². The molecule has 0 saturated heterocycles. The summed E-state index contributed by atoms with van der Waals surface area (Å²) < 4.78 is 5.37. The molecule has 0 aromatic carbocycles. The second kappa shape index (κ2) is 7.32. The van der Waals surface area contributed by atoms with Crippen LogP contribution in [0.15, 0.2) is 12.7 Å². The van der Waals surface area contributed by atoms with E-state index in [1.54, 1.807) is 0 Å². The summed E-state index contributed by atoms with van der Waals surface area (Å²) in [5.41, 5.74) is 0. The van der Waals surface area contributed by atoms with Crippen molar-refractivity contribution in [3.8, 4) is 0 Å². The lowest BCUT2D eigenvalue weighted by Gasteiger charge is -2.20. The number of ether oxygens (including phenoxy) is 1. The third-order valence-electron chi connectivity index (χ3n) is 1.88. The number of aliphatic hydroxyl groups excluding tert-OH is 1. The second-order valence-corrected chi connectivity index (χ2v) is 2.84. The van der Waals surface area contributed by atoms with Gasteiger partial charge in [-0.2, -0.15) is 0 Å². The van der Waals surface area contributed by atoms with E-state index in [-0.39, 0.29) is 12.2 Å². The Morgan fingerprint density at radius 3 is 2.58 bits per heavy atom. The average molecular weight is 172 g/mol. The summed E-state index contributed by atoms with van der Waals surface area (Å²) >= 11 is 0. The zero-order valence-corrected chi connectivity index (χ0v) is 8.12. The van der Waals surface area contributed by atoms with Crippen molar-refractivity contribution < 1.29 is 9.84 Å². The molecule has 2 nitrogen and oxygen atoms in total. The van der Waals surface area contributed by atoms with Gasteiger partial charge in [0.05, 0.1) is 12.2 Å². The Morgan fingerprint density at radius 1 is 1.50 bits per heavy atom. The molecule has 12 heavy (non-hydrogen) atoms. The minimum absolute atomic E-state index is 0.00468. The molecule has 1 N–H and O–H groups in total. The van der Waals surface area contributed by atoms with Crippen LogP contribution in [-0.4, -0.2) is 23.9 Å². The van der Waals surface area contributed by atoms with Gasteiger partial charge in [-0.15, -0.1) is 6.58 Å². The summed E-state index contributed by atoms with van der Waals surface area (Å²) in [6, 6.07) is 0. The molecule has 0 bridgehead atoms. The van der Waals surface area contributed by atoms with E-state index in [2.05, 4.69) is 6.58 Å². The lowest BCUT2D eigenvalue weighted by Crippen LogP contribution is -2.28. The Kier molecular flexibility index (Phi) is 7.11. The van der Waals surface area contributed by atoms with Crippen molar-refractivity contribution in [2.24, 2.45) is 0 Å². The van der Waals surface area contributed by atoms with Crippen LogP contribution in [0.5, 0.6) is 0 Å². The molecule has 0 saturated carbocycles. The maximum Gasteiger partial charge on any atom is 0.0831 e. The SMILES string of the molecule is C=CCCC(O)C(CC)OCC. The molecule has 0 rings (SSSR count). The van der Waals surface area contributed by atoms with E-state index in [9.17, 15) is 5.11 Å². The summed E-state index contributed by atoms with van der Waals surface area (Å²) in [5, 5.41) is 9.60. The first-order valence-corrected chi connectivity index (χ1v) is 4.66. The fourth-order valence-corrected chi connectivity index (χ4v) is 1.19. The third kappa shape index (κ3) is 4.52. The lowest BCUT2D eigenvalue weighted by atomic mass is 10.1. The Morgan fingerprint density at radius 2 is 2.17 bits per heavy atom. The predicted octanol–water partition coefficient (Wildman–Crippen LogP) is 2.13. The molecule has 0 heterocycles. The van der Waals surface area contributed by atoms with Crippen molar-refractivity contribution in [3.63, 3.8) is 0 Å². The predicted molar refractivity (Wildman–Crippen MR) is 51.1 cm³/mol. The molecule has 0 spiro atoms. The maximum absolute atomic E-state index is 9.60. The number of rotatable bonds is 7. The van der Waals surface area contributed by atoms with Gasteiger partial charge >= 0.3 is 0 Å². The van der Waals surface area contributed by atoms with Crippen LogP contribution in [0.2, 0.25) is 0 Å². The molecule has 0 aliphatic carbocycles. The van der Waals surface area contributed by atoms with Gasteiger partial charge in [0.1, 0.15) is 0 Å². The first-order chi connectivity index (χ1) is 5.76. The molecule has 2 atom stereocenters. The normalized spacial score (nSPS) is 15.6. The van der Waals surface area contributed by atoms with Gasteiger partial charge in [-0.1, -0.05) is 13.0 Å². The average Bonchev–Trinajstić information content (AvgIpc) is 2.10. The molecular formula is C10H20O2. The van der Waals surface area contributed by atoms with E-state index in [1.807, 2.05) is 19.9 Å². The second-order valence-electron chi connectivity index (χ2n) is 2.84. The first-order valence-electron chi connectivity index (χ1n) is 4.66. The van der Waals surface area contributed by atoms with Crippen molar-refractivity contribution in [3.05, 3.63) is 12.7 Å². The Labute approximate surface area is 75.2 Å². The van der Waals surface area contributed by atoms with Gasteiger partial charge in [0.2, 0.25) is 0 Å². The third-order valence-corrected chi connectivity index (χ3v) is 1.88. The van der Waals surface area contributed by atoms with Crippen LogP contribution in [0.1, 0.15) is 33.1 Å².